The molecule has 3 aliphatic rings. The molecule has 4 heteroatoms. The van der Waals surface area contributed by atoms with Gasteiger partial charge in [-0.3, -0.25) is 4.79 Å². The Morgan fingerprint density at radius 3 is 2.64 bits per heavy atom. The van der Waals surface area contributed by atoms with E-state index in [0.717, 1.165) is 48.3 Å². The van der Waals surface area contributed by atoms with Gasteiger partial charge in [0.1, 0.15) is 17.1 Å². The summed E-state index contributed by atoms with van der Waals surface area (Å²) in [5, 5.41) is 3.08. The fraction of sp³-hybridized carbons (Fsp3) is 0.625. The molecule has 152 valence electrons. The summed E-state index contributed by atoms with van der Waals surface area (Å²) < 4.78 is 12.9. The quantitative estimate of drug-likeness (QED) is 0.696. The van der Waals surface area contributed by atoms with Gasteiger partial charge >= 0.3 is 0 Å². The maximum atomic E-state index is 12.7. The molecule has 28 heavy (non-hydrogen) atoms. The molecule has 0 spiro atoms. The third-order valence-corrected chi connectivity index (χ3v) is 6.56. The second kappa shape index (κ2) is 6.82. The van der Waals surface area contributed by atoms with Crippen molar-refractivity contribution in [2.24, 2.45) is 5.92 Å². The van der Waals surface area contributed by atoms with Crippen molar-refractivity contribution in [1.82, 2.24) is 5.32 Å². The van der Waals surface area contributed by atoms with Crippen molar-refractivity contribution in [3.05, 3.63) is 34.9 Å². The molecule has 4 rings (SSSR count). The Balaban J connectivity index is 1.87. The van der Waals surface area contributed by atoms with E-state index in [1.807, 2.05) is 0 Å². The van der Waals surface area contributed by atoms with Crippen LogP contribution in [0.4, 0.5) is 0 Å². The van der Waals surface area contributed by atoms with E-state index >= 15 is 0 Å². The predicted molar refractivity (Wildman–Crippen MR) is 111 cm³/mol. The fourth-order valence-corrected chi connectivity index (χ4v) is 4.84. The fourth-order valence-electron chi connectivity index (χ4n) is 4.84. The monoisotopic (exact) mass is 383 g/mol. The Labute approximate surface area is 168 Å². The number of carbonyl (C=O) groups is 1. The average molecular weight is 384 g/mol. The molecule has 2 aliphatic heterocycles. The summed E-state index contributed by atoms with van der Waals surface area (Å²) in [6, 6.07) is 4.41. The summed E-state index contributed by atoms with van der Waals surface area (Å²) >= 11 is 0. The summed E-state index contributed by atoms with van der Waals surface area (Å²) in [4.78, 5) is 12.7. The van der Waals surface area contributed by atoms with Crippen LogP contribution in [-0.2, 0) is 10.2 Å². The van der Waals surface area contributed by atoms with Gasteiger partial charge in [-0.15, -0.1) is 0 Å². The van der Waals surface area contributed by atoms with Crippen LogP contribution >= 0.6 is 0 Å². The molecule has 0 fully saturated rings. The smallest absolute Gasteiger partial charge is 0.246 e. The van der Waals surface area contributed by atoms with Gasteiger partial charge in [-0.25, -0.2) is 0 Å². The molecule has 1 aliphatic carbocycles. The number of rotatable bonds is 0. The lowest BCUT2D eigenvalue weighted by molar-refractivity contribution is -0.118. The Morgan fingerprint density at radius 1 is 1.14 bits per heavy atom. The topological polar surface area (TPSA) is 47.6 Å². The van der Waals surface area contributed by atoms with Crippen molar-refractivity contribution in [2.45, 2.75) is 77.2 Å². The molecule has 2 bridgehead atoms. The second-order valence-corrected chi connectivity index (χ2v) is 10.0. The summed E-state index contributed by atoms with van der Waals surface area (Å²) in [5.41, 5.74) is 3.04. The highest BCUT2D eigenvalue weighted by atomic mass is 16.5. The number of fused-ring (bicyclic) bond motifs is 1. The van der Waals surface area contributed by atoms with Gasteiger partial charge < -0.3 is 14.8 Å². The second-order valence-electron chi connectivity index (χ2n) is 10.0. The minimum atomic E-state index is -0.277. The van der Waals surface area contributed by atoms with E-state index < -0.39 is 0 Å². The number of hydrogen-bond acceptors (Lipinski definition) is 3. The highest BCUT2D eigenvalue weighted by Gasteiger charge is 2.47. The van der Waals surface area contributed by atoms with E-state index in [2.05, 4.69) is 58.1 Å². The number of hydrogen-bond donors (Lipinski definition) is 1. The van der Waals surface area contributed by atoms with Crippen molar-refractivity contribution in [1.29, 1.82) is 0 Å². The predicted octanol–water partition coefficient (Wildman–Crippen LogP) is 4.86. The van der Waals surface area contributed by atoms with E-state index in [-0.39, 0.29) is 22.8 Å². The van der Waals surface area contributed by atoms with Gasteiger partial charge in [0, 0.05) is 29.5 Å². The molecule has 1 aromatic rings. The van der Waals surface area contributed by atoms with Crippen LogP contribution in [0.2, 0.25) is 0 Å². The number of benzene rings is 1. The number of amides is 1. The van der Waals surface area contributed by atoms with Crippen LogP contribution in [0.5, 0.6) is 11.5 Å². The molecular formula is C24H33NO3. The maximum Gasteiger partial charge on any atom is 0.246 e. The average Bonchev–Trinajstić information content (AvgIpc) is 2.61. The highest BCUT2D eigenvalue weighted by molar-refractivity contribution is 5.93. The van der Waals surface area contributed by atoms with Crippen LogP contribution in [0.3, 0.4) is 0 Å². The summed E-state index contributed by atoms with van der Waals surface area (Å²) in [5.74, 6) is 2.57. The molecule has 2 heterocycles. The molecule has 1 amide bonds. The third-order valence-electron chi connectivity index (χ3n) is 6.56. The molecule has 1 aromatic carbocycles. The van der Waals surface area contributed by atoms with Crippen LogP contribution in [0.15, 0.2) is 23.8 Å². The largest absolute Gasteiger partial charge is 0.493 e. The van der Waals surface area contributed by atoms with E-state index in [0.29, 0.717) is 19.1 Å². The van der Waals surface area contributed by atoms with Crippen molar-refractivity contribution >= 4 is 5.91 Å². The zero-order chi connectivity index (χ0) is 20.1. The number of allylic oxidation sites excluding steroid dienone is 1. The van der Waals surface area contributed by atoms with Gasteiger partial charge in [0.15, 0.2) is 0 Å². The SMILES string of the molecule is CC(C)(C)c1cc2c3c(c1)OC(C)(C)[C@@H]1CC=C(C[C@@H]31)C(=O)NCCCCO2. The standard InChI is InChI=1S/C24H33NO3/c1-23(2,3)16-13-19-21-17-12-15(22(26)25-10-6-7-11-27-19)8-9-18(17)24(4,5)28-20(21)14-16/h8,13-14,17-18H,6-7,9-12H2,1-5H3,(H,25,26)/t17-,18-/m1/s1. The van der Waals surface area contributed by atoms with Crippen molar-refractivity contribution in [2.75, 3.05) is 13.2 Å². The van der Waals surface area contributed by atoms with Crippen LogP contribution < -0.4 is 14.8 Å². The van der Waals surface area contributed by atoms with Gasteiger partial charge in [-0.1, -0.05) is 26.8 Å². The van der Waals surface area contributed by atoms with Gasteiger partial charge in [0.05, 0.1) is 6.61 Å². The van der Waals surface area contributed by atoms with Crippen LogP contribution in [0, 0.1) is 5.92 Å². The summed E-state index contributed by atoms with van der Waals surface area (Å²) in [6.07, 6.45) is 5.59. The zero-order valence-corrected chi connectivity index (χ0v) is 17.9. The molecule has 1 N–H and O–H groups in total. The lowest BCUT2D eigenvalue weighted by Crippen LogP contribution is -2.46. The minimum absolute atomic E-state index is 0.0143. The molecule has 0 saturated carbocycles. The third kappa shape index (κ3) is 3.42. The van der Waals surface area contributed by atoms with Crippen LogP contribution in [-0.4, -0.2) is 24.7 Å². The first-order valence-corrected chi connectivity index (χ1v) is 10.6. The maximum absolute atomic E-state index is 12.7. The minimum Gasteiger partial charge on any atom is -0.493 e. The van der Waals surface area contributed by atoms with Crippen LogP contribution in [0.1, 0.15) is 77.3 Å². The van der Waals surface area contributed by atoms with Crippen molar-refractivity contribution in [3.63, 3.8) is 0 Å². The van der Waals surface area contributed by atoms with E-state index in [1.165, 1.54) is 5.56 Å². The first-order valence-electron chi connectivity index (χ1n) is 10.6. The molecule has 2 atom stereocenters. The Hall–Kier alpha value is -1.97. The van der Waals surface area contributed by atoms with Crippen molar-refractivity contribution in [3.8, 4) is 11.5 Å². The molecule has 0 saturated heterocycles. The van der Waals surface area contributed by atoms with Gasteiger partial charge in [0.2, 0.25) is 5.91 Å². The summed E-state index contributed by atoms with van der Waals surface area (Å²) in [6.45, 7) is 12.4. The normalized spacial score (nSPS) is 26.6. The van der Waals surface area contributed by atoms with Crippen LogP contribution in [0.25, 0.3) is 0 Å². The number of carbonyl (C=O) groups excluding carboxylic acids is 1. The first-order chi connectivity index (χ1) is 13.2. The van der Waals surface area contributed by atoms with Gasteiger partial charge in [-0.05, 0) is 62.6 Å². The van der Waals surface area contributed by atoms with E-state index in [4.69, 9.17) is 9.47 Å². The Kier molecular flexibility index (Phi) is 4.71. The number of nitrogens with one attached hydrogen (secondary N) is 1. The molecule has 0 aromatic heterocycles. The summed E-state index contributed by atoms with van der Waals surface area (Å²) in [7, 11) is 0. The van der Waals surface area contributed by atoms with Gasteiger partial charge in [0.25, 0.3) is 0 Å². The zero-order valence-electron chi connectivity index (χ0n) is 17.9. The lowest BCUT2D eigenvalue weighted by Gasteiger charge is -2.47. The Bertz CT molecular complexity index is 816. The van der Waals surface area contributed by atoms with E-state index in [9.17, 15) is 4.79 Å². The lowest BCUT2D eigenvalue weighted by atomic mass is 9.66. The molecule has 0 unspecified atom stereocenters. The van der Waals surface area contributed by atoms with Crippen molar-refractivity contribution < 1.29 is 14.3 Å². The first kappa shape index (κ1) is 19.4. The number of ether oxygens (including phenoxy) is 2. The molecule has 4 nitrogen and oxygen atoms in total. The van der Waals surface area contributed by atoms with Gasteiger partial charge in [-0.2, -0.15) is 0 Å². The Morgan fingerprint density at radius 2 is 1.89 bits per heavy atom. The van der Waals surface area contributed by atoms with E-state index in [1.54, 1.807) is 0 Å². The highest BCUT2D eigenvalue weighted by Crippen LogP contribution is 2.55. The molecule has 0 radical (unpaired) electrons. The molecular weight excluding hydrogens is 350 g/mol.